The van der Waals surface area contributed by atoms with E-state index in [1.807, 2.05) is 26.8 Å². The summed E-state index contributed by atoms with van der Waals surface area (Å²) in [6.07, 6.45) is 0.624. The van der Waals surface area contributed by atoms with Crippen molar-refractivity contribution in [2.24, 2.45) is 0 Å². The molecule has 2 N–H and O–H groups in total. The number of hydrogen-bond donors (Lipinski definition) is 2. The summed E-state index contributed by atoms with van der Waals surface area (Å²) in [5, 5.41) is 6.26. The maximum absolute atomic E-state index is 11.8. The highest BCUT2D eigenvalue weighted by Gasteiger charge is 2.36. The van der Waals surface area contributed by atoms with Crippen molar-refractivity contribution in [3.63, 3.8) is 0 Å². The average molecular weight is 318 g/mol. The number of alkyl carbamates (subject to hydrolysis) is 1. The van der Waals surface area contributed by atoms with Gasteiger partial charge in [0.25, 0.3) is 0 Å². The Morgan fingerprint density at radius 2 is 2.22 bits per heavy atom. The van der Waals surface area contributed by atoms with Gasteiger partial charge < -0.3 is 20.3 Å². The van der Waals surface area contributed by atoms with Crippen LogP contribution in [0.4, 0.5) is 10.6 Å². The van der Waals surface area contributed by atoms with Crippen molar-refractivity contribution in [2.75, 3.05) is 18.0 Å². The molecule has 0 spiro atoms. The molecule has 0 radical (unpaired) electrons. The van der Waals surface area contributed by atoms with Crippen molar-refractivity contribution in [2.45, 2.75) is 58.3 Å². The van der Waals surface area contributed by atoms with Crippen LogP contribution in [0, 0.1) is 0 Å². The number of pyridine rings is 1. The van der Waals surface area contributed by atoms with E-state index in [9.17, 15) is 4.79 Å². The Morgan fingerprint density at radius 3 is 2.96 bits per heavy atom. The van der Waals surface area contributed by atoms with Crippen molar-refractivity contribution in [3.8, 4) is 0 Å². The van der Waals surface area contributed by atoms with Gasteiger partial charge in [-0.05, 0) is 45.7 Å². The topological polar surface area (TPSA) is 66.5 Å². The van der Waals surface area contributed by atoms with E-state index in [1.54, 1.807) is 0 Å². The predicted octanol–water partition coefficient (Wildman–Crippen LogP) is 1.83. The molecular formula is C17H26N4O2. The molecule has 3 rings (SSSR count). The highest BCUT2D eigenvalue weighted by Crippen LogP contribution is 2.33. The fourth-order valence-electron chi connectivity index (χ4n) is 3.28. The molecule has 3 heterocycles. The second-order valence-corrected chi connectivity index (χ2v) is 7.51. The number of aromatic nitrogens is 1. The number of nitrogens with zero attached hydrogens (tertiary/aromatic N) is 2. The summed E-state index contributed by atoms with van der Waals surface area (Å²) in [4.78, 5) is 18.9. The maximum atomic E-state index is 11.8. The number of piperazine rings is 1. The van der Waals surface area contributed by atoms with Gasteiger partial charge in [0.1, 0.15) is 12.4 Å². The SMILES string of the molecule is C[C@@H]1CNC[C@H]2Cc3ccc(COC(=O)NC(C)(C)C)nc3N21. The smallest absolute Gasteiger partial charge is 0.407 e. The molecule has 0 unspecified atom stereocenters. The molecule has 2 atom stereocenters. The van der Waals surface area contributed by atoms with Crippen LogP contribution in [0.25, 0.3) is 0 Å². The summed E-state index contributed by atoms with van der Waals surface area (Å²) in [6, 6.07) is 5.00. The van der Waals surface area contributed by atoms with Gasteiger partial charge in [-0.15, -0.1) is 0 Å². The average Bonchev–Trinajstić information content (AvgIpc) is 2.82. The van der Waals surface area contributed by atoms with E-state index in [0.717, 1.165) is 31.0 Å². The first-order chi connectivity index (χ1) is 10.8. The van der Waals surface area contributed by atoms with Crippen LogP contribution in [0.15, 0.2) is 12.1 Å². The molecule has 0 aromatic carbocycles. The summed E-state index contributed by atoms with van der Waals surface area (Å²) in [7, 11) is 0. The molecule has 0 bridgehead atoms. The van der Waals surface area contributed by atoms with Crippen LogP contribution in [0.3, 0.4) is 0 Å². The third kappa shape index (κ3) is 3.58. The number of ether oxygens (including phenoxy) is 1. The number of amides is 1. The zero-order valence-corrected chi connectivity index (χ0v) is 14.3. The summed E-state index contributed by atoms with van der Waals surface area (Å²) in [6.45, 7) is 10.2. The lowest BCUT2D eigenvalue weighted by Crippen LogP contribution is -2.55. The Kier molecular flexibility index (Phi) is 4.19. The van der Waals surface area contributed by atoms with Gasteiger partial charge in [0.15, 0.2) is 0 Å². The van der Waals surface area contributed by atoms with Crippen LogP contribution in [0.5, 0.6) is 0 Å². The molecule has 2 aliphatic rings. The summed E-state index contributed by atoms with van der Waals surface area (Å²) in [5.41, 5.74) is 1.78. The van der Waals surface area contributed by atoms with Crippen LogP contribution in [-0.2, 0) is 17.8 Å². The Balaban J connectivity index is 1.68. The van der Waals surface area contributed by atoms with E-state index in [0.29, 0.717) is 12.1 Å². The minimum atomic E-state index is -0.409. The first kappa shape index (κ1) is 16.1. The largest absolute Gasteiger partial charge is 0.443 e. The third-order valence-electron chi connectivity index (χ3n) is 4.23. The zero-order chi connectivity index (χ0) is 16.6. The van der Waals surface area contributed by atoms with E-state index < -0.39 is 6.09 Å². The molecule has 6 nitrogen and oxygen atoms in total. The van der Waals surface area contributed by atoms with E-state index in [1.165, 1.54) is 5.56 Å². The molecule has 1 amide bonds. The third-order valence-corrected chi connectivity index (χ3v) is 4.23. The first-order valence-corrected chi connectivity index (χ1v) is 8.26. The van der Waals surface area contributed by atoms with Crippen molar-refractivity contribution in [3.05, 3.63) is 23.4 Å². The number of carbonyl (C=O) groups excluding carboxylic acids is 1. The lowest BCUT2D eigenvalue weighted by molar-refractivity contribution is 0.130. The van der Waals surface area contributed by atoms with Crippen LogP contribution < -0.4 is 15.5 Å². The molecule has 1 fully saturated rings. The fourth-order valence-corrected chi connectivity index (χ4v) is 3.28. The van der Waals surface area contributed by atoms with Crippen LogP contribution >= 0.6 is 0 Å². The van der Waals surface area contributed by atoms with E-state index in [4.69, 9.17) is 9.72 Å². The van der Waals surface area contributed by atoms with Crippen LogP contribution in [0.2, 0.25) is 0 Å². The van der Waals surface area contributed by atoms with E-state index in [-0.39, 0.29) is 12.1 Å². The van der Waals surface area contributed by atoms with Gasteiger partial charge in [0.05, 0.1) is 5.69 Å². The van der Waals surface area contributed by atoms with Gasteiger partial charge in [-0.2, -0.15) is 0 Å². The molecule has 0 saturated carbocycles. The highest BCUT2D eigenvalue weighted by atomic mass is 16.5. The van der Waals surface area contributed by atoms with Crippen molar-refractivity contribution in [1.29, 1.82) is 0 Å². The Morgan fingerprint density at radius 1 is 1.43 bits per heavy atom. The molecular weight excluding hydrogens is 292 g/mol. The Hall–Kier alpha value is -1.82. The van der Waals surface area contributed by atoms with E-state index >= 15 is 0 Å². The van der Waals surface area contributed by atoms with Gasteiger partial charge in [-0.1, -0.05) is 6.07 Å². The van der Waals surface area contributed by atoms with Gasteiger partial charge in [0, 0.05) is 30.7 Å². The summed E-state index contributed by atoms with van der Waals surface area (Å²) in [5.74, 6) is 1.06. The molecule has 1 saturated heterocycles. The van der Waals surface area contributed by atoms with Gasteiger partial charge in [0.2, 0.25) is 0 Å². The highest BCUT2D eigenvalue weighted by molar-refractivity contribution is 5.68. The summed E-state index contributed by atoms with van der Waals surface area (Å²) < 4.78 is 5.28. The molecule has 6 heteroatoms. The number of anilines is 1. The molecule has 126 valence electrons. The normalized spacial score (nSPS) is 23.2. The molecule has 1 aromatic rings. The minimum Gasteiger partial charge on any atom is -0.443 e. The number of fused-ring (bicyclic) bond motifs is 3. The number of hydrogen-bond acceptors (Lipinski definition) is 5. The molecule has 2 aliphatic heterocycles. The second-order valence-electron chi connectivity index (χ2n) is 7.51. The van der Waals surface area contributed by atoms with Crippen molar-refractivity contribution < 1.29 is 9.53 Å². The molecule has 23 heavy (non-hydrogen) atoms. The monoisotopic (exact) mass is 318 g/mol. The van der Waals surface area contributed by atoms with Crippen LogP contribution in [-0.4, -0.2) is 41.8 Å². The van der Waals surface area contributed by atoms with E-state index in [2.05, 4.69) is 28.5 Å². The fraction of sp³-hybridized carbons (Fsp3) is 0.647. The standard InChI is InChI=1S/C17H26N4O2/c1-11-8-18-9-14-7-12-5-6-13(19-15(12)21(11)14)10-23-16(22)20-17(2,3)4/h5-6,11,14,18H,7-10H2,1-4H3,(H,20,22)/t11-,14-/m1/s1. The Labute approximate surface area is 137 Å². The minimum absolute atomic E-state index is 0.195. The molecule has 0 aliphatic carbocycles. The first-order valence-electron chi connectivity index (χ1n) is 8.26. The zero-order valence-electron chi connectivity index (χ0n) is 14.3. The maximum Gasteiger partial charge on any atom is 0.407 e. The predicted molar refractivity (Wildman–Crippen MR) is 89.6 cm³/mol. The lowest BCUT2D eigenvalue weighted by atomic mass is 10.1. The number of rotatable bonds is 2. The quantitative estimate of drug-likeness (QED) is 0.871. The van der Waals surface area contributed by atoms with Crippen molar-refractivity contribution >= 4 is 11.9 Å². The lowest BCUT2D eigenvalue weighted by Gasteiger charge is -2.37. The van der Waals surface area contributed by atoms with Gasteiger partial charge >= 0.3 is 6.09 Å². The molecule has 1 aromatic heterocycles. The Bertz CT molecular complexity index is 597. The summed E-state index contributed by atoms with van der Waals surface area (Å²) >= 11 is 0. The number of carbonyl (C=O) groups is 1. The van der Waals surface area contributed by atoms with Crippen molar-refractivity contribution in [1.82, 2.24) is 15.6 Å². The van der Waals surface area contributed by atoms with Gasteiger partial charge in [-0.25, -0.2) is 9.78 Å². The number of nitrogens with one attached hydrogen (secondary N) is 2. The van der Waals surface area contributed by atoms with Crippen LogP contribution in [0.1, 0.15) is 39.0 Å². The second kappa shape index (κ2) is 6.00. The van der Waals surface area contributed by atoms with Gasteiger partial charge in [-0.3, -0.25) is 0 Å².